The van der Waals surface area contributed by atoms with Crippen molar-refractivity contribution in [2.45, 2.75) is 38.2 Å². The van der Waals surface area contributed by atoms with E-state index in [-0.39, 0.29) is 11.5 Å². The second kappa shape index (κ2) is 5.00. The fourth-order valence-corrected chi connectivity index (χ4v) is 3.39. The van der Waals surface area contributed by atoms with Crippen LogP contribution in [-0.2, 0) is 4.79 Å². The molecule has 2 saturated carbocycles. The van der Waals surface area contributed by atoms with E-state index in [1.807, 2.05) is 18.2 Å². The molecule has 2 aliphatic rings. The first-order valence-electron chi connectivity index (χ1n) is 7.11. The van der Waals surface area contributed by atoms with Crippen molar-refractivity contribution in [3.8, 4) is 17.2 Å². The Morgan fingerprint density at radius 2 is 1.55 bits per heavy atom. The zero-order chi connectivity index (χ0) is 14.2. The van der Waals surface area contributed by atoms with Gasteiger partial charge in [0.15, 0.2) is 0 Å². The Balaban J connectivity index is 1.79. The van der Waals surface area contributed by atoms with Gasteiger partial charge in [-0.05, 0) is 12.8 Å². The highest BCUT2D eigenvalue weighted by Crippen LogP contribution is 2.52. The summed E-state index contributed by atoms with van der Waals surface area (Å²) in [5.41, 5.74) is -0.212. The molecule has 108 valence electrons. The van der Waals surface area contributed by atoms with Gasteiger partial charge in [-0.25, -0.2) is 0 Å². The van der Waals surface area contributed by atoms with E-state index in [1.165, 1.54) is 0 Å². The van der Waals surface area contributed by atoms with Gasteiger partial charge >= 0.3 is 0 Å². The van der Waals surface area contributed by atoms with E-state index in [2.05, 4.69) is 0 Å². The summed E-state index contributed by atoms with van der Waals surface area (Å²) >= 11 is 0. The number of rotatable bonds is 4. The summed E-state index contributed by atoms with van der Waals surface area (Å²) in [7, 11) is 3.23. The first-order chi connectivity index (χ1) is 9.68. The number of ketones is 1. The molecule has 1 atom stereocenters. The van der Waals surface area contributed by atoms with E-state index in [0.717, 1.165) is 25.7 Å². The third kappa shape index (κ3) is 2.03. The largest absolute Gasteiger partial charge is 0.496 e. The number of carbonyl (C=O) groups is 1. The van der Waals surface area contributed by atoms with Crippen LogP contribution in [-0.4, -0.2) is 26.1 Å². The Kier molecular flexibility index (Phi) is 3.32. The normalized spacial score (nSPS) is 23.5. The number of methoxy groups -OCH3 is 2. The van der Waals surface area contributed by atoms with Crippen LogP contribution in [0.15, 0.2) is 18.2 Å². The summed E-state index contributed by atoms with van der Waals surface area (Å²) in [4.78, 5) is 12.0. The number of ether oxygens (including phenoxy) is 3. The molecule has 0 N–H and O–H groups in total. The first-order valence-corrected chi connectivity index (χ1v) is 7.11. The van der Waals surface area contributed by atoms with Crippen LogP contribution in [0.3, 0.4) is 0 Å². The van der Waals surface area contributed by atoms with Crippen LogP contribution in [0.2, 0.25) is 0 Å². The van der Waals surface area contributed by atoms with E-state index in [1.54, 1.807) is 14.2 Å². The maximum Gasteiger partial charge on any atom is 0.146 e. The lowest BCUT2D eigenvalue weighted by Crippen LogP contribution is -2.55. The fraction of sp³-hybridized carbons (Fsp3) is 0.562. The number of Topliss-reactive ketones (excluding diaryl/α,β-unsaturated/α-hetero) is 1. The monoisotopic (exact) mass is 276 g/mol. The molecule has 4 heteroatoms. The minimum Gasteiger partial charge on any atom is -0.496 e. The maximum atomic E-state index is 12.0. The van der Waals surface area contributed by atoms with Crippen molar-refractivity contribution in [2.24, 2.45) is 5.41 Å². The van der Waals surface area contributed by atoms with Gasteiger partial charge in [-0.1, -0.05) is 12.8 Å². The second-order valence-corrected chi connectivity index (χ2v) is 5.65. The fourth-order valence-electron chi connectivity index (χ4n) is 3.39. The standard InChI is InChI=1S/C16H20O4/c1-18-11-7-12(19-2)9-13(8-11)20-15-10-14(17)16(15)5-3-4-6-16/h7-9,15H,3-6,10H2,1-2H3. The predicted molar refractivity (Wildman–Crippen MR) is 74.5 cm³/mol. The summed E-state index contributed by atoms with van der Waals surface area (Å²) in [6.07, 6.45) is 4.74. The Morgan fingerprint density at radius 1 is 1.00 bits per heavy atom. The van der Waals surface area contributed by atoms with Crippen molar-refractivity contribution in [3.05, 3.63) is 18.2 Å². The molecule has 0 aliphatic heterocycles. The van der Waals surface area contributed by atoms with E-state index < -0.39 is 0 Å². The predicted octanol–water partition coefficient (Wildman–Crippen LogP) is 2.98. The van der Waals surface area contributed by atoms with Gasteiger partial charge in [0.05, 0.1) is 19.6 Å². The average molecular weight is 276 g/mol. The lowest BCUT2D eigenvalue weighted by molar-refractivity contribution is -0.151. The highest BCUT2D eigenvalue weighted by molar-refractivity contribution is 5.92. The van der Waals surface area contributed by atoms with Gasteiger partial charge in [-0.3, -0.25) is 4.79 Å². The van der Waals surface area contributed by atoms with Crippen molar-refractivity contribution in [2.75, 3.05) is 14.2 Å². The maximum absolute atomic E-state index is 12.0. The topological polar surface area (TPSA) is 44.8 Å². The molecule has 1 spiro atoms. The molecular formula is C16H20O4. The molecular weight excluding hydrogens is 256 g/mol. The number of hydrogen-bond donors (Lipinski definition) is 0. The second-order valence-electron chi connectivity index (χ2n) is 5.65. The van der Waals surface area contributed by atoms with Crippen molar-refractivity contribution in [1.82, 2.24) is 0 Å². The summed E-state index contributed by atoms with van der Waals surface area (Å²) in [5, 5.41) is 0. The van der Waals surface area contributed by atoms with Gasteiger partial charge < -0.3 is 14.2 Å². The van der Waals surface area contributed by atoms with Crippen LogP contribution in [0.4, 0.5) is 0 Å². The van der Waals surface area contributed by atoms with Crippen molar-refractivity contribution < 1.29 is 19.0 Å². The number of carbonyl (C=O) groups excluding carboxylic acids is 1. The van der Waals surface area contributed by atoms with Crippen LogP contribution in [0.1, 0.15) is 32.1 Å². The SMILES string of the molecule is COc1cc(OC)cc(OC2CC(=O)C23CCCC3)c1. The smallest absolute Gasteiger partial charge is 0.146 e. The van der Waals surface area contributed by atoms with E-state index in [0.29, 0.717) is 29.5 Å². The third-order valence-corrected chi connectivity index (χ3v) is 4.64. The highest BCUT2D eigenvalue weighted by Gasteiger charge is 2.57. The van der Waals surface area contributed by atoms with Crippen LogP contribution in [0, 0.1) is 5.41 Å². The Hall–Kier alpha value is -1.71. The zero-order valence-corrected chi connectivity index (χ0v) is 12.0. The number of hydrogen-bond acceptors (Lipinski definition) is 4. The Labute approximate surface area is 119 Å². The zero-order valence-electron chi connectivity index (χ0n) is 12.0. The van der Waals surface area contributed by atoms with Crippen LogP contribution < -0.4 is 14.2 Å². The molecule has 3 rings (SSSR count). The van der Waals surface area contributed by atoms with Gasteiger partial charge in [0.25, 0.3) is 0 Å². The molecule has 4 nitrogen and oxygen atoms in total. The summed E-state index contributed by atoms with van der Waals surface area (Å²) < 4.78 is 16.5. The van der Waals surface area contributed by atoms with Crippen LogP contribution >= 0.6 is 0 Å². The van der Waals surface area contributed by atoms with Gasteiger partial charge in [-0.2, -0.15) is 0 Å². The molecule has 20 heavy (non-hydrogen) atoms. The molecule has 0 bridgehead atoms. The Bertz CT molecular complexity index is 495. The molecule has 1 aromatic carbocycles. The summed E-state index contributed by atoms with van der Waals surface area (Å²) in [6, 6.07) is 5.49. The minimum atomic E-state index is -0.212. The van der Waals surface area contributed by atoms with Gasteiger partial charge in [0.2, 0.25) is 0 Å². The highest BCUT2D eigenvalue weighted by atomic mass is 16.5. The molecule has 0 radical (unpaired) electrons. The molecule has 0 heterocycles. The number of benzene rings is 1. The van der Waals surface area contributed by atoms with E-state index in [9.17, 15) is 4.79 Å². The molecule has 0 aromatic heterocycles. The molecule has 1 unspecified atom stereocenters. The van der Waals surface area contributed by atoms with Gasteiger partial charge in [0, 0.05) is 24.6 Å². The van der Waals surface area contributed by atoms with Gasteiger partial charge in [-0.15, -0.1) is 0 Å². The third-order valence-electron chi connectivity index (χ3n) is 4.64. The molecule has 2 aliphatic carbocycles. The average Bonchev–Trinajstić information content (AvgIpc) is 2.99. The van der Waals surface area contributed by atoms with Crippen molar-refractivity contribution in [1.29, 1.82) is 0 Å². The van der Waals surface area contributed by atoms with Crippen LogP contribution in [0.25, 0.3) is 0 Å². The summed E-state index contributed by atoms with van der Waals surface area (Å²) in [5.74, 6) is 2.48. The Morgan fingerprint density at radius 3 is 2.05 bits per heavy atom. The van der Waals surface area contributed by atoms with Gasteiger partial charge in [0.1, 0.15) is 29.1 Å². The minimum absolute atomic E-state index is 0.00862. The lowest BCUT2D eigenvalue weighted by Gasteiger charge is -2.44. The summed E-state index contributed by atoms with van der Waals surface area (Å²) in [6.45, 7) is 0. The first kappa shape index (κ1) is 13.3. The molecule has 0 saturated heterocycles. The van der Waals surface area contributed by atoms with E-state index >= 15 is 0 Å². The van der Waals surface area contributed by atoms with Crippen molar-refractivity contribution >= 4 is 5.78 Å². The van der Waals surface area contributed by atoms with E-state index in [4.69, 9.17) is 14.2 Å². The molecule has 0 amide bonds. The molecule has 1 aromatic rings. The molecule has 2 fully saturated rings. The quantitative estimate of drug-likeness (QED) is 0.848. The van der Waals surface area contributed by atoms with Crippen LogP contribution in [0.5, 0.6) is 17.2 Å². The van der Waals surface area contributed by atoms with Crippen molar-refractivity contribution in [3.63, 3.8) is 0 Å². The lowest BCUT2D eigenvalue weighted by atomic mass is 9.63.